The van der Waals surface area contributed by atoms with Gasteiger partial charge in [0.25, 0.3) is 5.91 Å². The van der Waals surface area contributed by atoms with Crippen LogP contribution in [0.15, 0.2) is 42.5 Å². The average molecular weight is 359 g/mol. The zero-order chi connectivity index (χ0) is 18.9. The molecule has 2 aromatic carbocycles. The third-order valence-electron chi connectivity index (χ3n) is 3.62. The van der Waals surface area contributed by atoms with Crippen LogP contribution in [-0.2, 0) is 4.79 Å². The predicted molar refractivity (Wildman–Crippen MR) is 99.3 cm³/mol. The summed E-state index contributed by atoms with van der Waals surface area (Å²) >= 11 is 0. The fourth-order valence-corrected chi connectivity index (χ4v) is 2.23. The molecule has 0 unspecified atom stereocenters. The predicted octanol–water partition coefficient (Wildman–Crippen LogP) is 2.97. The molecule has 0 fully saturated rings. The monoisotopic (exact) mass is 359 g/mol. The van der Waals surface area contributed by atoms with Gasteiger partial charge in [-0.2, -0.15) is 0 Å². The second kappa shape index (κ2) is 9.56. The van der Waals surface area contributed by atoms with Crippen molar-refractivity contribution < 1.29 is 23.7 Å². The van der Waals surface area contributed by atoms with E-state index >= 15 is 0 Å². The number of nitrogens with one attached hydrogen (secondary N) is 1. The second-order valence-corrected chi connectivity index (χ2v) is 5.93. The van der Waals surface area contributed by atoms with Gasteiger partial charge in [-0.15, -0.1) is 0 Å². The van der Waals surface area contributed by atoms with Crippen LogP contribution in [0.3, 0.4) is 0 Å². The summed E-state index contributed by atoms with van der Waals surface area (Å²) in [4.78, 5) is 12.0. The molecule has 0 aliphatic heterocycles. The minimum atomic E-state index is -0.230. The van der Waals surface area contributed by atoms with Crippen LogP contribution in [0.4, 0.5) is 0 Å². The van der Waals surface area contributed by atoms with Crippen LogP contribution in [0, 0.1) is 6.92 Å². The van der Waals surface area contributed by atoms with Crippen molar-refractivity contribution in [3.63, 3.8) is 0 Å². The van der Waals surface area contributed by atoms with Gasteiger partial charge >= 0.3 is 0 Å². The van der Waals surface area contributed by atoms with Crippen molar-refractivity contribution in [3.8, 4) is 23.0 Å². The maximum atomic E-state index is 12.0. The summed E-state index contributed by atoms with van der Waals surface area (Å²) in [5.41, 5.74) is 1.17. The molecule has 26 heavy (non-hydrogen) atoms. The highest BCUT2D eigenvalue weighted by molar-refractivity contribution is 5.77. The fourth-order valence-electron chi connectivity index (χ4n) is 2.23. The van der Waals surface area contributed by atoms with Crippen molar-refractivity contribution >= 4 is 5.91 Å². The van der Waals surface area contributed by atoms with Crippen molar-refractivity contribution in [2.75, 3.05) is 27.4 Å². The summed E-state index contributed by atoms with van der Waals surface area (Å²) in [7, 11) is 3.11. The Morgan fingerprint density at radius 1 is 0.923 bits per heavy atom. The van der Waals surface area contributed by atoms with Crippen LogP contribution in [0.25, 0.3) is 0 Å². The largest absolute Gasteiger partial charge is 0.496 e. The number of methoxy groups -OCH3 is 2. The van der Waals surface area contributed by atoms with E-state index in [9.17, 15) is 4.79 Å². The lowest BCUT2D eigenvalue weighted by atomic mass is 10.2. The number of benzene rings is 2. The molecule has 0 bridgehead atoms. The summed E-state index contributed by atoms with van der Waals surface area (Å²) in [6.45, 7) is 4.16. The first kappa shape index (κ1) is 19.4. The SMILES string of the molecule is COc1cc(OC)cc(OCC(=O)N[C@@H](C)COc2ccc(C)cc2)c1. The van der Waals surface area contributed by atoms with Crippen molar-refractivity contribution in [2.24, 2.45) is 0 Å². The molecule has 140 valence electrons. The van der Waals surface area contributed by atoms with E-state index in [1.165, 1.54) is 5.56 Å². The van der Waals surface area contributed by atoms with Crippen molar-refractivity contribution in [1.29, 1.82) is 0 Å². The zero-order valence-corrected chi connectivity index (χ0v) is 15.6. The maximum Gasteiger partial charge on any atom is 0.258 e. The highest BCUT2D eigenvalue weighted by Gasteiger charge is 2.10. The number of carbonyl (C=O) groups excluding carboxylic acids is 1. The van der Waals surface area contributed by atoms with Gasteiger partial charge in [-0.05, 0) is 26.0 Å². The van der Waals surface area contributed by atoms with Crippen LogP contribution in [0.2, 0.25) is 0 Å². The number of amides is 1. The molecule has 0 saturated heterocycles. The van der Waals surface area contributed by atoms with Gasteiger partial charge in [0.15, 0.2) is 6.61 Å². The van der Waals surface area contributed by atoms with E-state index in [0.717, 1.165) is 5.75 Å². The third kappa shape index (κ3) is 6.20. The molecule has 0 aromatic heterocycles. The van der Waals surface area contributed by atoms with E-state index in [-0.39, 0.29) is 18.6 Å². The molecule has 6 nitrogen and oxygen atoms in total. The highest BCUT2D eigenvalue weighted by atomic mass is 16.5. The van der Waals surface area contributed by atoms with Gasteiger partial charge in [0.2, 0.25) is 0 Å². The van der Waals surface area contributed by atoms with Gasteiger partial charge in [-0.3, -0.25) is 4.79 Å². The summed E-state index contributed by atoms with van der Waals surface area (Å²) in [6, 6.07) is 12.7. The molecule has 0 aliphatic rings. The van der Waals surface area contributed by atoms with E-state index in [2.05, 4.69) is 5.32 Å². The average Bonchev–Trinajstić information content (AvgIpc) is 2.65. The number of hydrogen-bond acceptors (Lipinski definition) is 5. The molecular weight excluding hydrogens is 334 g/mol. The first-order valence-corrected chi connectivity index (χ1v) is 8.35. The van der Waals surface area contributed by atoms with E-state index in [4.69, 9.17) is 18.9 Å². The lowest BCUT2D eigenvalue weighted by Gasteiger charge is -2.16. The van der Waals surface area contributed by atoms with Crippen LogP contribution in [-0.4, -0.2) is 39.4 Å². The Kier molecular flexibility index (Phi) is 7.14. The molecule has 6 heteroatoms. The molecule has 1 atom stereocenters. The lowest BCUT2D eigenvalue weighted by Crippen LogP contribution is -2.39. The number of aryl methyl sites for hydroxylation is 1. The Hall–Kier alpha value is -2.89. The van der Waals surface area contributed by atoms with Gasteiger partial charge in [-0.25, -0.2) is 0 Å². The first-order chi connectivity index (χ1) is 12.5. The molecule has 1 amide bonds. The van der Waals surface area contributed by atoms with E-state index in [0.29, 0.717) is 23.9 Å². The molecule has 0 aliphatic carbocycles. The third-order valence-corrected chi connectivity index (χ3v) is 3.62. The molecule has 0 spiro atoms. The van der Waals surface area contributed by atoms with Crippen LogP contribution < -0.4 is 24.3 Å². The molecule has 0 heterocycles. The van der Waals surface area contributed by atoms with Crippen molar-refractivity contribution in [3.05, 3.63) is 48.0 Å². The van der Waals surface area contributed by atoms with Gasteiger partial charge in [0.05, 0.1) is 20.3 Å². The molecule has 2 aromatic rings. The van der Waals surface area contributed by atoms with Gasteiger partial charge in [0, 0.05) is 18.2 Å². The number of hydrogen-bond donors (Lipinski definition) is 1. The molecular formula is C20H25NO5. The molecule has 0 saturated carbocycles. The molecule has 2 rings (SSSR count). The summed E-state index contributed by atoms with van der Waals surface area (Å²) in [5.74, 6) is 2.24. The molecule has 1 N–H and O–H groups in total. The minimum absolute atomic E-state index is 0.106. The van der Waals surface area contributed by atoms with Crippen LogP contribution in [0.1, 0.15) is 12.5 Å². The first-order valence-electron chi connectivity index (χ1n) is 8.35. The summed E-state index contributed by atoms with van der Waals surface area (Å²) < 4.78 is 21.5. The number of ether oxygens (including phenoxy) is 4. The Morgan fingerprint density at radius 2 is 1.50 bits per heavy atom. The Balaban J connectivity index is 1.78. The smallest absolute Gasteiger partial charge is 0.258 e. The van der Waals surface area contributed by atoms with E-state index < -0.39 is 0 Å². The summed E-state index contributed by atoms with van der Waals surface area (Å²) in [6.07, 6.45) is 0. The van der Waals surface area contributed by atoms with Gasteiger partial charge < -0.3 is 24.3 Å². The zero-order valence-electron chi connectivity index (χ0n) is 15.6. The second-order valence-electron chi connectivity index (χ2n) is 5.93. The van der Waals surface area contributed by atoms with Crippen LogP contribution in [0.5, 0.6) is 23.0 Å². The standard InChI is InChI=1S/C20H25NO5/c1-14-5-7-16(8-6-14)25-12-15(2)21-20(22)13-26-19-10-17(23-3)9-18(11-19)24-4/h5-11,15H,12-13H2,1-4H3,(H,21,22)/t15-/m0/s1. The summed E-state index contributed by atoms with van der Waals surface area (Å²) in [5, 5.41) is 2.84. The van der Waals surface area contributed by atoms with Crippen molar-refractivity contribution in [1.82, 2.24) is 5.32 Å². The molecule has 0 radical (unpaired) electrons. The quantitative estimate of drug-likeness (QED) is 0.746. The Bertz CT molecular complexity index is 692. The topological polar surface area (TPSA) is 66.0 Å². The fraction of sp³-hybridized carbons (Fsp3) is 0.350. The van der Waals surface area contributed by atoms with E-state index in [1.807, 2.05) is 38.1 Å². The lowest BCUT2D eigenvalue weighted by molar-refractivity contribution is -0.123. The van der Waals surface area contributed by atoms with Gasteiger partial charge in [0.1, 0.15) is 29.6 Å². The number of carbonyl (C=O) groups is 1. The minimum Gasteiger partial charge on any atom is -0.496 e. The van der Waals surface area contributed by atoms with E-state index in [1.54, 1.807) is 32.4 Å². The Labute approximate surface area is 154 Å². The maximum absolute atomic E-state index is 12.0. The van der Waals surface area contributed by atoms with Crippen LogP contribution >= 0.6 is 0 Å². The number of rotatable bonds is 9. The van der Waals surface area contributed by atoms with Crippen molar-refractivity contribution in [2.45, 2.75) is 19.9 Å². The highest BCUT2D eigenvalue weighted by Crippen LogP contribution is 2.27. The normalized spacial score (nSPS) is 11.4. The van der Waals surface area contributed by atoms with Gasteiger partial charge in [-0.1, -0.05) is 17.7 Å². The Morgan fingerprint density at radius 3 is 2.08 bits per heavy atom.